The Bertz CT molecular complexity index is 775. The van der Waals surface area contributed by atoms with Gasteiger partial charge >= 0.3 is 7.75 Å². The summed E-state index contributed by atoms with van der Waals surface area (Å²) < 4.78 is 43.5. The van der Waals surface area contributed by atoms with Gasteiger partial charge in [-0.2, -0.15) is 0 Å². The highest BCUT2D eigenvalue weighted by Gasteiger charge is 2.40. The van der Waals surface area contributed by atoms with Crippen molar-refractivity contribution in [2.24, 2.45) is 11.3 Å². The molecule has 2 aliphatic heterocycles. The van der Waals surface area contributed by atoms with E-state index < -0.39 is 38.1 Å². The molecule has 2 N–H and O–H groups in total. The minimum Gasteiger partial charge on any atom is -0.352 e. The van der Waals surface area contributed by atoms with Crippen molar-refractivity contribution in [1.82, 2.24) is 15.3 Å². The molecular weight excluding hydrogens is 460 g/mol. The predicted molar refractivity (Wildman–Crippen MR) is 121 cm³/mol. The Balaban J connectivity index is 1.90. The SMILES string of the molecule is C=C1NC(=O)C=CN1C1C[C@H](CF)C(COP(=O)(NCC)OCCSC(=O)C(C)(C)C)O1. The number of carbonyl (C=O) groups is 2. The van der Waals surface area contributed by atoms with Crippen LogP contribution in [0.2, 0.25) is 0 Å². The maximum absolute atomic E-state index is 13.6. The molecule has 32 heavy (non-hydrogen) atoms. The van der Waals surface area contributed by atoms with Gasteiger partial charge in [0.2, 0.25) is 0 Å². The van der Waals surface area contributed by atoms with E-state index in [1.54, 1.807) is 11.8 Å². The second-order valence-electron chi connectivity index (χ2n) is 8.46. The van der Waals surface area contributed by atoms with Crippen LogP contribution in [-0.2, 0) is 27.9 Å². The number of thioether (sulfide) groups is 1. The van der Waals surface area contributed by atoms with Gasteiger partial charge in [-0.15, -0.1) is 0 Å². The average Bonchev–Trinajstić information content (AvgIpc) is 3.12. The van der Waals surface area contributed by atoms with Crippen LogP contribution in [0.5, 0.6) is 0 Å². The average molecular weight is 494 g/mol. The second kappa shape index (κ2) is 11.8. The Hall–Kier alpha value is -1.23. The first kappa shape index (κ1) is 27.0. The zero-order chi connectivity index (χ0) is 23.9. The lowest BCUT2D eigenvalue weighted by molar-refractivity contribution is -0.118. The van der Waals surface area contributed by atoms with E-state index in [1.807, 2.05) is 20.8 Å². The van der Waals surface area contributed by atoms with E-state index in [4.69, 9.17) is 13.8 Å². The van der Waals surface area contributed by atoms with Crippen LogP contribution in [-0.4, -0.2) is 60.4 Å². The van der Waals surface area contributed by atoms with E-state index in [0.717, 1.165) is 11.8 Å². The van der Waals surface area contributed by atoms with Crippen LogP contribution in [0.25, 0.3) is 0 Å². The summed E-state index contributed by atoms with van der Waals surface area (Å²) in [6.45, 7) is 10.6. The molecule has 1 saturated heterocycles. The Morgan fingerprint density at radius 3 is 2.78 bits per heavy atom. The normalized spacial score (nSPS) is 25.7. The van der Waals surface area contributed by atoms with E-state index in [2.05, 4.69) is 17.0 Å². The lowest BCUT2D eigenvalue weighted by Crippen LogP contribution is -2.41. The van der Waals surface area contributed by atoms with Crippen molar-refractivity contribution >= 4 is 30.5 Å². The molecule has 0 saturated carbocycles. The third-order valence-electron chi connectivity index (χ3n) is 4.79. The summed E-state index contributed by atoms with van der Waals surface area (Å²) >= 11 is 1.11. The second-order valence-corrected chi connectivity index (χ2v) is 11.4. The molecule has 0 aromatic rings. The smallest absolute Gasteiger partial charge is 0.352 e. The van der Waals surface area contributed by atoms with Crippen molar-refractivity contribution in [3.8, 4) is 0 Å². The fraction of sp³-hybridized carbons (Fsp3) is 0.700. The van der Waals surface area contributed by atoms with Gasteiger partial charge in [0.1, 0.15) is 12.0 Å². The van der Waals surface area contributed by atoms with Crippen LogP contribution < -0.4 is 10.4 Å². The van der Waals surface area contributed by atoms with E-state index in [0.29, 0.717) is 24.5 Å². The zero-order valence-corrected chi connectivity index (χ0v) is 20.7. The quantitative estimate of drug-likeness (QED) is 0.332. The van der Waals surface area contributed by atoms with Gasteiger partial charge in [0.15, 0.2) is 5.12 Å². The molecule has 0 aromatic heterocycles. The maximum Gasteiger partial charge on any atom is 0.405 e. The molecule has 182 valence electrons. The monoisotopic (exact) mass is 493 g/mol. The lowest BCUT2D eigenvalue weighted by Gasteiger charge is -2.31. The molecule has 4 atom stereocenters. The minimum atomic E-state index is -3.66. The molecule has 0 spiro atoms. The van der Waals surface area contributed by atoms with Crippen molar-refractivity contribution in [1.29, 1.82) is 0 Å². The van der Waals surface area contributed by atoms with Crippen molar-refractivity contribution < 1.29 is 32.3 Å². The first-order valence-corrected chi connectivity index (χ1v) is 13.0. The molecule has 2 aliphatic rings. The van der Waals surface area contributed by atoms with Gasteiger partial charge in [-0.05, 0) is 0 Å². The largest absolute Gasteiger partial charge is 0.405 e. The Morgan fingerprint density at radius 1 is 1.47 bits per heavy atom. The fourth-order valence-corrected chi connectivity index (χ4v) is 5.28. The van der Waals surface area contributed by atoms with Crippen LogP contribution in [0.15, 0.2) is 24.7 Å². The number of alkyl halides is 1. The van der Waals surface area contributed by atoms with Gasteiger partial charge in [0.25, 0.3) is 5.91 Å². The van der Waals surface area contributed by atoms with E-state index in [1.165, 1.54) is 12.3 Å². The molecule has 3 unspecified atom stereocenters. The molecule has 0 radical (unpaired) electrons. The highest BCUT2D eigenvalue weighted by Crippen LogP contribution is 2.45. The molecule has 2 rings (SSSR count). The van der Waals surface area contributed by atoms with Crippen LogP contribution in [0.3, 0.4) is 0 Å². The molecular formula is C20H33FN3O6PS. The summed E-state index contributed by atoms with van der Waals surface area (Å²) in [5.74, 6) is -0.101. The summed E-state index contributed by atoms with van der Waals surface area (Å²) in [5.41, 5.74) is -0.470. The molecule has 1 fully saturated rings. The van der Waals surface area contributed by atoms with E-state index >= 15 is 0 Å². The number of ether oxygens (including phenoxy) is 1. The number of nitrogens with zero attached hydrogens (tertiary/aromatic N) is 1. The summed E-state index contributed by atoms with van der Waals surface area (Å²) in [4.78, 5) is 25.0. The summed E-state index contributed by atoms with van der Waals surface area (Å²) in [7, 11) is -3.66. The van der Waals surface area contributed by atoms with Crippen molar-refractivity contribution in [2.75, 3.05) is 32.2 Å². The third kappa shape index (κ3) is 7.67. The number of rotatable bonds is 11. The highest BCUT2D eigenvalue weighted by molar-refractivity contribution is 8.13. The standard InChI is InChI=1S/C20H33FN3O6PS/c1-6-22-31(27,28-9-10-32-19(26)20(3,4)5)29-13-16-15(12-21)11-18(30-16)24-8-7-17(25)23-14(24)2/h7-8,15-16,18H,2,6,9-13H2,1,3-5H3,(H,22,27)(H,23,25)/t15-,16?,18?,31?/m1/s1. The Kier molecular flexibility index (Phi) is 9.93. The number of amides is 1. The van der Waals surface area contributed by atoms with Gasteiger partial charge in [-0.3, -0.25) is 23.0 Å². The molecule has 9 nitrogen and oxygen atoms in total. The van der Waals surface area contributed by atoms with E-state index in [9.17, 15) is 18.5 Å². The van der Waals surface area contributed by atoms with Gasteiger partial charge in [0.05, 0.1) is 26.0 Å². The third-order valence-corrected chi connectivity index (χ3v) is 7.75. The molecule has 0 aliphatic carbocycles. The van der Waals surface area contributed by atoms with Gasteiger partial charge in [0, 0.05) is 42.3 Å². The maximum atomic E-state index is 13.6. The molecule has 2 heterocycles. The number of nitrogens with one attached hydrogen (secondary N) is 2. The summed E-state index contributed by atoms with van der Waals surface area (Å²) in [6.07, 6.45) is 2.03. The summed E-state index contributed by atoms with van der Waals surface area (Å²) in [5, 5.41) is 5.29. The number of halogens is 1. The first-order chi connectivity index (χ1) is 15.0. The number of hydrogen-bond acceptors (Lipinski definition) is 8. The molecule has 1 amide bonds. The Labute approximate surface area is 193 Å². The fourth-order valence-electron chi connectivity index (χ4n) is 3.05. The van der Waals surface area contributed by atoms with Crippen molar-refractivity contribution in [3.05, 3.63) is 24.7 Å². The van der Waals surface area contributed by atoms with Gasteiger partial charge in [-0.1, -0.05) is 46.0 Å². The van der Waals surface area contributed by atoms with Gasteiger partial charge < -0.3 is 15.0 Å². The Morgan fingerprint density at radius 2 is 2.19 bits per heavy atom. The molecule has 12 heteroatoms. The number of carbonyl (C=O) groups excluding carboxylic acids is 2. The van der Waals surface area contributed by atoms with E-state index in [-0.39, 0.29) is 24.2 Å². The topological polar surface area (TPSA) is 106 Å². The lowest BCUT2D eigenvalue weighted by atomic mass is 10.00. The van der Waals surface area contributed by atoms with Crippen LogP contribution >= 0.6 is 19.5 Å². The highest BCUT2D eigenvalue weighted by atomic mass is 32.2. The van der Waals surface area contributed by atoms with Crippen molar-refractivity contribution in [2.45, 2.75) is 46.4 Å². The summed E-state index contributed by atoms with van der Waals surface area (Å²) in [6, 6.07) is 0. The molecule has 0 aromatic carbocycles. The molecule has 0 bridgehead atoms. The van der Waals surface area contributed by atoms with Crippen LogP contribution in [0.4, 0.5) is 4.39 Å². The van der Waals surface area contributed by atoms with Crippen LogP contribution in [0, 0.1) is 11.3 Å². The van der Waals surface area contributed by atoms with Crippen molar-refractivity contribution in [3.63, 3.8) is 0 Å². The predicted octanol–water partition coefficient (Wildman–Crippen LogP) is 3.16. The van der Waals surface area contributed by atoms with Gasteiger partial charge in [-0.25, -0.2) is 9.65 Å². The zero-order valence-electron chi connectivity index (χ0n) is 19.0. The first-order valence-electron chi connectivity index (χ1n) is 10.5. The van der Waals surface area contributed by atoms with Crippen LogP contribution in [0.1, 0.15) is 34.1 Å². The minimum absolute atomic E-state index is 0.0148. The number of hydrogen-bond donors (Lipinski definition) is 2.